The van der Waals surface area contributed by atoms with E-state index in [1.807, 2.05) is 24.3 Å². The average Bonchev–Trinajstić information content (AvgIpc) is 2.90. The number of fused-ring (bicyclic) bond motifs is 1. The molecule has 0 aliphatic carbocycles. The molecule has 0 bridgehead atoms. The fourth-order valence-corrected chi connectivity index (χ4v) is 3.51. The van der Waals surface area contributed by atoms with Crippen LogP contribution in [0.2, 0.25) is 0 Å². The van der Waals surface area contributed by atoms with Gasteiger partial charge in [-0.3, -0.25) is 4.98 Å². The molecule has 0 saturated carbocycles. The van der Waals surface area contributed by atoms with Crippen molar-refractivity contribution in [2.45, 2.75) is 6.42 Å². The maximum atomic E-state index is 9.69. The van der Waals surface area contributed by atoms with Crippen LogP contribution in [0.25, 0.3) is 10.9 Å². The number of nitrogens with zero attached hydrogens (tertiary/aromatic N) is 3. The number of rotatable bonds is 10. The highest BCUT2D eigenvalue weighted by molar-refractivity contribution is 6.17. The Morgan fingerprint density at radius 2 is 1.74 bits per heavy atom. The van der Waals surface area contributed by atoms with Crippen molar-refractivity contribution in [3.8, 4) is 34.8 Å². The number of para-hydroxylation sites is 2. The van der Waals surface area contributed by atoms with Crippen LogP contribution in [0.1, 0.15) is 12.0 Å². The molecule has 0 unspecified atom stereocenters. The van der Waals surface area contributed by atoms with E-state index in [9.17, 15) is 5.26 Å². The highest BCUT2D eigenvalue weighted by atomic mass is 35.5. The van der Waals surface area contributed by atoms with E-state index in [4.69, 9.17) is 30.5 Å². The van der Waals surface area contributed by atoms with E-state index in [1.54, 1.807) is 44.7 Å². The van der Waals surface area contributed by atoms with E-state index in [0.717, 1.165) is 0 Å². The van der Waals surface area contributed by atoms with Gasteiger partial charge < -0.3 is 24.3 Å². The molecule has 4 aromatic rings. The molecule has 9 heteroatoms. The summed E-state index contributed by atoms with van der Waals surface area (Å²) in [4.78, 5) is 8.86. The van der Waals surface area contributed by atoms with Gasteiger partial charge in [-0.05, 0) is 36.8 Å². The van der Waals surface area contributed by atoms with Gasteiger partial charge in [0, 0.05) is 23.5 Å². The van der Waals surface area contributed by atoms with Gasteiger partial charge in [-0.2, -0.15) is 5.26 Å². The lowest BCUT2D eigenvalue weighted by molar-refractivity contribution is 0.295. The third-order valence-electron chi connectivity index (χ3n) is 5.10. The Morgan fingerprint density at radius 3 is 2.43 bits per heavy atom. The number of pyridine rings is 2. The predicted octanol–water partition coefficient (Wildman–Crippen LogP) is 6.06. The fraction of sp³-hybridized carbons (Fsp3) is 0.192. The van der Waals surface area contributed by atoms with Crippen LogP contribution in [0.15, 0.2) is 60.9 Å². The highest BCUT2D eigenvalue weighted by Gasteiger charge is 2.15. The maximum absolute atomic E-state index is 9.69. The smallest absolute Gasteiger partial charge is 0.169 e. The van der Waals surface area contributed by atoms with Crippen LogP contribution in [0.3, 0.4) is 0 Å². The standard InChI is InChI=1S/C26H23ClN4O4/c1-32-21-6-3-4-7-22(21)35-18-8-9-25(30-16-18)31-26-17(14-28)15-29-20-13-24(34-11-5-10-27)23(33-2)12-19(20)26/h3-4,6-9,12-13,15-16H,5,10-11H2,1-2H3,(H,29,30,31). The van der Waals surface area contributed by atoms with E-state index >= 15 is 0 Å². The molecule has 0 spiro atoms. The lowest BCUT2D eigenvalue weighted by Crippen LogP contribution is -2.02. The Bertz CT molecular complexity index is 1360. The summed E-state index contributed by atoms with van der Waals surface area (Å²) in [6.07, 6.45) is 3.81. The number of aromatic nitrogens is 2. The molecule has 2 aromatic heterocycles. The van der Waals surface area contributed by atoms with E-state index in [2.05, 4.69) is 21.4 Å². The minimum absolute atomic E-state index is 0.367. The second-order valence-corrected chi connectivity index (χ2v) is 7.70. The topological polar surface area (TPSA) is 98.5 Å². The third kappa shape index (κ3) is 5.48. The molecule has 2 aromatic carbocycles. The lowest BCUT2D eigenvalue weighted by Gasteiger charge is -2.15. The molecule has 8 nitrogen and oxygen atoms in total. The van der Waals surface area contributed by atoms with Gasteiger partial charge in [0.1, 0.15) is 17.6 Å². The summed E-state index contributed by atoms with van der Waals surface area (Å²) in [5.74, 6) is 3.87. The molecule has 178 valence electrons. The second kappa shape index (κ2) is 11.3. The van der Waals surface area contributed by atoms with Crippen molar-refractivity contribution in [2.24, 2.45) is 0 Å². The molecule has 0 aliphatic heterocycles. The number of nitriles is 1. The van der Waals surface area contributed by atoms with Crippen molar-refractivity contribution < 1.29 is 18.9 Å². The van der Waals surface area contributed by atoms with Crippen molar-refractivity contribution in [2.75, 3.05) is 32.0 Å². The summed E-state index contributed by atoms with van der Waals surface area (Å²) in [5.41, 5.74) is 1.57. The zero-order valence-electron chi connectivity index (χ0n) is 19.2. The summed E-state index contributed by atoms with van der Waals surface area (Å²) >= 11 is 5.75. The highest BCUT2D eigenvalue weighted by Crippen LogP contribution is 2.37. The number of anilines is 2. The van der Waals surface area contributed by atoms with Crippen molar-refractivity contribution in [1.29, 1.82) is 5.26 Å². The number of alkyl halides is 1. The van der Waals surface area contributed by atoms with Gasteiger partial charge in [0.25, 0.3) is 0 Å². The molecule has 35 heavy (non-hydrogen) atoms. The van der Waals surface area contributed by atoms with Crippen LogP contribution < -0.4 is 24.3 Å². The fourth-order valence-electron chi connectivity index (χ4n) is 3.40. The summed E-state index contributed by atoms with van der Waals surface area (Å²) in [6, 6.07) is 16.7. The maximum Gasteiger partial charge on any atom is 0.169 e. The van der Waals surface area contributed by atoms with Gasteiger partial charge in [-0.1, -0.05) is 12.1 Å². The number of halogens is 1. The largest absolute Gasteiger partial charge is 0.493 e. The zero-order chi connectivity index (χ0) is 24.6. The molecule has 0 aliphatic rings. The summed E-state index contributed by atoms with van der Waals surface area (Å²) in [5, 5.41) is 13.6. The average molecular weight is 491 g/mol. The van der Waals surface area contributed by atoms with Gasteiger partial charge in [0.15, 0.2) is 23.0 Å². The summed E-state index contributed by atoms with van der Waals surface area (Å²) in [7, 11) is 3.15. The van der Waals surface area contributed by atoms with Gasteiger partial charge in [-0.15, -0.1) is 11.6 Å². The monoisotopic (exact) mass is 490 g/mol. The number of hydrogen-bond acceptors (Lipinski definition) is 8. The number of ether oxygens (including phenoxy) is 4. The normalized spacial score (nSPS) is 10.5. The van der Waals surface area contributed by atoms with Crippen molar-refractivity contribution in [3.05, 3.63) is 66.5 Å². The Balaban J connectivity index is 1.63. The van der Waals surface area contributed by atoms with E-state index in [-0.39, 0.29) is 0 Å². The zero-order valence-corrected chi connectivity index (χ0v) is 20.0. The molecule has 4 rings (SSSR count). The molecule has 1 N–H and O–H groups in total. The van der Waals surface area contributed by atoms with E-state index < -0.39 is 0 Å². The van der Waals surface area contributed by atoms with Crippen LogP contribution in [-0.4, -0.2) is 36.7 Å². The van der Waals surface area contributed by atoms with Gasteiger partial charge >= 0.3 is 0 Å². The third-order valence-corrected chi connectivity index (χ3v) is 5.36. The minimum atomic E-state index is 0.367. The Labute approximate surface area is 208 Å². The first-order chi connectivity index (χ1) is 17.2. The minimum Gasteiger partial charge on any atom is -0.493 e. The van der Waals surface area contributed by atoms with Crippen molar-refractivity contribution >= 4 is 34.0 Å². The van der Waals surface area contributed by atoms with Crippen LogP contribution in [0, 0.1) is 11.3 Å². The molecular formula is C26H23ClN4O4. The molecule has 0 atom stereocenters. The lowest BCUT2D eigenvalue weighted by atomic mass is 10.1. The first-order valence-corrected chi connectivity index (χ1v) is 11.3. The summed E-state index contributed by atoms with van der Waals surface area (Å²) < 4.78 is 22.5. The van der Waals surface area contributed by atoms with E-state index in [0.29, 0.717) is 75.6 Å². The first kappa shape index (κ1) is 23.9. The number of benzene rings is 2. The quantitative estimate of drug-likeness (QED) is 0.211. The van der Waals surface area contributed by atoms with Crippen molar-refractivity contribution in [1.82, 2.24) is 9.97 Å². The van der Waals surface area contributed by atoms with Gasteiger partial charge in [0.2, 0.25) is 0 Å². The predicted molar refractivity (Wildman–Crippen MR) is 134 cm³/mol. The van der Waals surface area contributed by atoms with Crippen molar-refractivity contribution in [3.63, 3.8) is 0 Å². The molecular weight excluding hydrogens is 468 g/mol. The number of hydrogen-bond donors (Lipinski definition) is 1. The Kier molecular flexibility index (Phi) is 7.70. The van der Waals surface area contributed by atoms with Crippen LogP contribution in [0.5, 0.6) is 28.7 Å². The van der Waals surface area contributed by atoms with Crippen LogP contribution in [-0.2, 0) is 0 Å². The molecule has 0 amide bonds. The molecule has 2 heterocycles. The molecule has 0 radical (unpaired) electrons. The number of nitrogens with one attached hydrogen (secondary N) is 1. The van der Waals surface area contributed by atoms with E-state index in [1.165, 1.54) is 6.20 Å². The SMILES string of the molecule is COc1cc2c(Nc3ccc(Oc4ccccc4OC)cn3)c(C#N)cnc2cc1OCCCCl. The van der Waals surface area contributed by atoms with Gasteiger partial charge in [-0.25, -0.2) is 4.98 Å². The second-order valence-electron chi connectivity index (χ2n) is 7.33. The van der Waals surface area contributed by atoms with Crippen LogP contribution in [0.4, 0.5) is 11.5 Å². The Hall–Kier alpha value is -4.22. The molecule has 0 fully saturated rings. The van der Waals surface area contributed by atoms with Crippen LogP contribution >= 0.6 is 11.6 Å². The first-order valence-electron chi connectivity index (χ1n) is 10.8. The Morgan fingerprint density at radius 1 is 0.943 bits per heavy atom. The summed E-state index contributed by atoms with van der Waals surface area (Å²) in [6.45, 7) is 0.458. The number of methoxy groups -OCH3 is 2. The van der Waals surface area contributed by atoms with Gasteiger partial charge in [0.05, 0.1) is 43.8 Å². The molecule has 0 saturated heterocycles.